The minimum absolute atomic E-state index is 0.126. The Balaban J connectivity index is 1.59. The number of anilines is 1. The Labute approximate surface area is 163 Å². The van der Waals surface area contributed by atoms with Crippen LogP contribution in [0.1, 0.15) is 0 Å². The van der Waals surface area contributed by atoms with Gasteiger partial charge in [0.1, 0.15) is 17.6 Å². The third-order valence-corrected chi connectivity index (χ3v) is 5.06. The molecule has 2 aromatic carbocycles. The third kappa shape index (κ3) is 3.35. The number of carbonyl (C=O) groups is 1. The maximum atomic E-state index is 12.7. The number of nitriles is 1. The Hall–Kier alpha value is -3.57. The largest absolute Gasteiger partial charge is 0.448 e. The number of furan rings is 1. The molecule has 7 nitrogen and oxygen atoms in total. The Morgan fingerprint density at radius 3 is 2.86 bits per heavy atom. The lowest BCUT2D eigenvalue weighted by Gasteiger charge is -2.10. The number of rotatable bonds is 5. The summed E-state index contributed by atoms with van der Waals surface area (Å²) in [5.41, 5.74) is 1.37. The van der Waals surface area contributed by atoms with Crippen LogP contribution >= 0.6 is 11.8 Å². The summed E-state index contributed by atoms with van der Waals surface area (Å²) in [5, 5.41) is 12.3. The second-order valence-corrected chi connectivity index (χ2v) is 6.96. The quantitative estimate of drug-likeness (QED) is 0.524. The van der Waals surface area contributed by atoms with Crippen molar-refractivity contribution >= 4 is 45.4 Å². The fourth-order valence-corrected chi connectivity index (χ4v) is 3.55. The molecule has 4 aromatic rings. The van der Waals surface area contributed by atoms with E-state index in [0.717, 1.165) is 10.3 Å². The van der Waals surface area contributed by atoms with Gasteiger partial charge in [0, 0.05) is 10.3 Å². The SMILES string of the molecule is N#CCSc1ccccc1NC(=O)Cn1cnc2c(oc3ccccc32)c1=O. The average molecular weight is 390 g/mol. The number of amides is 1. The van der Waals surface area contributed by atoms with Crippen molar-refractivity contribution < 1.29 is 9.21 Å². The fourth-order valence-electron chi connectivity index (χ4n) is 2.88. The molecule has 138 valence electrons. The number of nitrogens with one attached hydrogen (secondary N) is 1. The normalized spacial score (nSPS) is 10.8. The first-order chi connectivity index (χ1) is 13.7. The first-order valence-electron chi connectivity index (χ1n) is 8.42. The molecule has 0 bridgehead atoms. The van der Waals surface area contributed by atoms with Gasteiger partial charge < -0.3 is 9.73 Å². The smallest absolute Gasteiger partial charge is 0.297 e. The number of para-hydroxylation sites is 2. The average Bonchev–Trinajstić information content (AvgIpc) is 3.09. The van der Waals surface area contributed by atoms with Crippen LogP contribution in [0.2, 0.25) is 0 Å². The number of aromatic nitrogens is 2. The molecule has 0 unspecified atom stereocenters. The lowest BCUT2D eigenvalue weighted by Crippen LogP contribution is -2.27. The molecule has 0 aliphatic rings. The first-order valence-corrected chi connectivity index (χ1v) is 9.41. The second-order valence-electron chi connectivity index (χ2n) is 5.94. The van der Waals surface area contributed by atoms with E-state index in [1.54, 1.807) is 18.2 Å². The van der Waals surface area contributed by atoms with Crippen molar-refractivity contribution in [2.45, 2.75) is 11.4 Å². The van der Waals surface area contributed by atoms with Crippen LogP contribution in [0.15, 0.2) is 69.0 Å². The van der Waals surface area contributed by atoms with Crippen molar-refractivity contribution in [2.75, 3.05) is 11.1 Å². The number of nitrogens with zero attached hydrogens (tertiary/aromatic N) is 3. The van der Waals surface area contributed by atoms with E-state index in [2.05, 4.69) is 16.4 Å². The number of benzene rings is 2. The Bertz CT molecular complexity index is 1290. The Morgan fingerprint density at radius 1 is 1.21 bits per heavy atom. The van der Waals surface area contributed by atoms with Gasteiger partial charge in [0.15, 0.2) is 0 Å². The Morgan fingerprint density at radius 2 is 2.00 bits per heavy atom. The molecule has 0 radical (unpaired) electrons. The molecule has 2 heterocycles. The van der Waals surface area contributed by atoms with Gasteiger partial charge in [0.25, 0.3) is 5.56 Å². The monoisotopic (exact) mass is 390 g/mol. The van der Waals surface area contributed by atoms with Gasteiger partial charge in [-0.2, -0.15) is 5.26 Å². The maximum absolute atomic E-state index is 12.7. The number of fused-ring (bicyclic) bond motifs is 3. The highest BCUT2D eigenvalue weighted by Gasteiger charge is 2.15. The van der Waals surface area contributed by atoms with Gasteiger partial charge in [-0.3, -0.25) is 14.2 Å². The molecule has 8 heteroatoms. The lowest BCUT2D eigenvalue weighted by atomic mass is 10.2. The highest BCUT2D eigenvalue weighted by Crippen LogP contribution is 2.27. The molecule has 0 aliphatic heterocycles. The van der Waals surface area contributed by atoms with E-state index in [4.69, 9.17) is 9.68 Å². The van der Waals surface area contributed by atoms with Crippen LogP contribution < -0.4 is 10.9 Å². The molecule has 0 atom stereocenters. The standard InChI is InChI=1S/C20H14N4O3S/c21-9-10-28-16-8-4-2-6-14(16)23-17(25)11-24-12-22-18-13-5-1-3-7-15(13)27-19(18)20(24)26/h1-8,12H,10-11H2,(H,23,25). The van der Waals surface area contributed by atoms with Gasteiger partial charge in [-0.05, 0) is 24.3 Å². The summed E-state index contributed by atoms with van der Waals surface area (Å²) in [6.07, 6.45) is 1.35. The van der Waals surface area contributed by atoms with Gasteiger partial charge in [0.05, 0.1) is 23.8 Å². The van der Waals surface area contributed by atoms with Crippen LogP contribution in [-0.4, -0.2) is 21.2 Å². The lowest BCUT2D eigenvalue weighted by molar-refractivity contribution is -0.116. The van der Waals surface area contributed by atoms with E-state index in [1.165, 1.54) is 22.7 Å². The summed E-state index contributed by atoms with van der Waals surface area (Å²) >= 11 is 1.33. The van der Waals surface area contributed by atoms with Crippen molar-refractivity contribution in [3.8, 4) is 6.07 Å². The number of hydrogen-bond acceptors (Lipinski definition) is 6. The van der Waals surface area contributed by atoms with Crippen molar-refractivity contribution in [1.29, 1.82) is 5.26 Å². The highest BCUT2D eigenvalue weighted by atomic mass is 32.2. The van der Waals surface area contributed by atoms with Crippen LogP contribution in [0.5, 0.6) is 0 Å². The van der Waals surface area contributed by atoms with Crippen LogP contribution in [0.25, 0.3) is 22.1 Å². The summed E-state index contributed by atoms with van der Waals surface area (Å²) in [4.78, 5) is 30.3. The van der Waals surface area contributed by atoms with E-state index in [-0.39, 0.29) is 23.8 Å². The van der Waals surface area contributed by atoms with E-state index in [1.807, 2.05) is 30.3 Å². The predicted molar refractivity (Wildman–Crippen MR) is 107 cm³/mol. The third-order valence-electron chi connectivity index (χ3n) is 4.12. The van der Waals surface area contributed by atoms with Crippen LogP contribution in [0.3, 0.4) is 0 Å². The molecular formula is C20H14N4O3S. The molecule has 0 spiro atoms. The fraction of sp³-hybridized carbons (Fsp3) is 0.100. The summed E-state index contributed by atoms with van der Waals surface area (Å²) in [5.74, 6) is -0.0942. The summed E-state index contributed by atoms with van der Waals surface area (Å²) in [6, 6.07) is 16.5. The first kappa shape index (κ1) is 17.8. The number of thioether (sulfide) groups is 1. The van der Waals surface area contributed by atoms with E-state index < -0.39 is 5.56 Å². The predicted octanol–water partition coefficient (Wildman–Crippen LogP) is 3.40. The molecular weight excluding hydrogens is 376 g/mol. The molecule has 0 saturated carbocycles. The molecule has 28 heavy (non-hydrogen) atoms. The van der Waals surface area contributed by atoms with E-state index in [0.29, 0.717) is 16.8 Å². The van der Waals surface area contributed by atoms with Crippen molar-refractivity contribution in [1.82, 2.24) is 9.55 Å². The van der Waals surface area contributed by atoms with Crippen molar-refractivity contribution in [3.05, 3.63) is 65.2 Å². The molecule has 1 N–H and O–H groups in total. The van der Waals surface area contributed by atoms with Crippen LogP contribution in [0.4, 0.5) is 5.69 Å². The Kier molecular flexibility index (Phi) is 4.83. The van der Waals surface area contributed by atoms with Crippen LogP contribution in [0, 0.1) is 11.3 Å². The van der Waals surface area contributed by atoms with Gasteiger partial charge in [-0.15, -0.1) is 11.8 Å². The maximum Gasteiger partial charge on any atom is 0.297 e. The topological polar surface area (TPSA) is 101 Å². The van der Waals surface area contributed by atoms with Gasteiger partial charge >= 0.3 is 0 Å². The minimum Gasteiger partial charge on any atom is -0.448 e. The molecule has 0 aliphatic carbocycles. The highest BCUT2D eigenvalue weighted by molar-refractivity contribution is 7.99. The molecule has 2 aromatic heterocycles. The molecule has 1 amide bonds. The summed E-state index contributed by atoms with van der Waals surface area (Å²) < 4.78 is 6.84. The summed E-state index contributed by atoms with van der Waals surface area (Å²) in [7, 11) is 0. The zero-order valence-corrected chi connectivity index (χ0v) is 15.4. The van der Waals surface area contributed by atoms with Gasteiger partial charge in [-0.1, -0.05) is 24.3 Å². The van der Waals surface area contributed by atoms with Crippen molar-refractivity contribution in [2.24, 2.45) is 0 Å². The molecule has 0 saturated heterocycles. The van der Waals surface area contributed by atoms with Crippen LogP contribution in [-0.2, 0) is 11.3 Å². The van der Waals surface area contributed by atoms with Crippen molar-refractivity contribution in [3.63, 3.8) is 0 Å². The molecule has 4 rings (SSSR count). The van der Waals surface area contributed by atoms with Gasteiger partial charge in [-0.25, -0.2) is 4.98 Å². The zero-order valence-electron chi connectivity index (χ0n) is 14.6. The number of carbonyl (C=O) groups excluding carboxylic acids is 1. The van der Waals surface area contributed by atoms with E-state index >= 15 is 0 Å². The summed E-state index contributed by atoms with van der Waals surface area (Å²) in [6.45, 7) is -0.198. The van der Waals surface area contributed by atoms with E-state index in [9.17, 15) is 9.59 Å². The molecule has 0 fully saturated rings. The minimum atomic E-state index is -0.413. The zero-order chi connectivity index (χ0) is 19.5. The number of hydrogen-bond donors (Lipinski definition) is 1. The van der Waals surface area contributed by atoms with Gasteiger partial charge in [0.2, 0.25) is 11.5 Å². The second kappa shape index (κ2) is 7.58.